The summed E-state index contributed by atoms with van der Waals surface area (Å²) in [4.78, 5) is 4.69. The van der Waals surface area contributed by atoms with Crippen LogP contribution in [0.4, 0.5) is 5.82 Å². The number of nitrogens with zero attached hydrogens (tertiary/aromatic N) is 1. The van der Waals surface area contributed by atoms with E-state index in [1.165, 1.54) is 49.7 Å². The van der Waals surface area contributed by atoms with Gasteiger partial charge in [0.05, 0.1) is 0 Å². The molecule has 24 heavy (non-hydrogen) atoms. The average Bonchev–Trinajstić information content (AvgIpc) is 2.55. The second kappa shape index (κ2) is 6.96. The molecule has 1 heterocycles. The fraction of sp³-hybridized carbons (Fsp3) is 0.500. The molecule has 0 spiro atoms. The molecule has 1 aromatic carbocycles. The molecule has 0 aliphatic heterocycles. The van der Waals surface area contributed by atoms with Gasteiger partial charge < -0.3 is 5.32 Å². The highest BCUT2D eigenvalue weighted by Crippen LogP contribution is 2.38. The molecular weight excluding hydrogens is 292 g/mol. The van der Waals surface area contributed by atoms with E-state index in [0.717, 1.165) is 17.7 Å². The Hall–Kier alpha value is -1.83. The van der Waals surface area contributed by atoms with Gasteiger partial charge in [-0.2, -0.15) is 0 Å². The van der Waals surface area contributed by atoms with Gasteiger partial charge in [-0.05, 0) is 67.1 Å². The van der Waals surface area contributed by atoms with Gasteiger partial charge in [0.2, 0.25) is 0 Å². The van der Waals surface area contributed by atoms with Crippen molar-refractivity contribution in [3.63, 3.8) is 0 Å². The van der Waals surface area contributed by atoms with Crippen molar-refractivity contribution in [3.05, 3.63) is 59.8 Å². The summed E-state index contributed by atoms with van der Waals surface area (Å²) in [5.74, 6) is 3.24. The SMILES string of the molecule is CC1CC(Nc2ccc(C3CCC3)cn2)CC(c2ccccc2)C1. The van der Waals surface area contributed by atoms with E-state index in [4.69, 9.17) is 0 Å². The molecule has 0 saturated heterocycles. The number of pyridine rings is 1. The Morgan fingerprint density at radius 3 is 2.38 bits per heavy atom. The van der Waals surface area contributed by atoms with E-state index in [1.807, 2.05) is 0 Å². The molecule has 2 aliphatic carbocycles. The van der Waals surface area contributed by atoms with Crippen molar-refractivity contribution < 1.29 is 0 Å². The Labute approximate surface area is 145 Å². The van der Waals surface area contributed by atoms with Gasteiger partial charge in [0.25, 0.3) is 0 Å². The minimum absolute atomic E-state index is 0.529. The summed E-state index contributed by atoms with van der Waals surface area (Å²) in [5.41, 5.74) is 2.91. The maximum atomic E-state index is 4.69. The molecular formula is C22H28N2. The highest BCUT2D eigenvalue weighted by molar-refractivity contribution is 5.38. The number of aromatic nitrogens is 1. The van der Waals surface area contributed by atoms with Crippen molar-refractivity contribution in [2.75, 3.05) is 5.32 Å². The average molecular weight is 320 g/mol. The first-order chi connectivity index (χ1) is 11.8. The van der Waals surface area contributed by atoms with Crippen LogP contribution in [0.15, 0.2) is 48.7 Å². The third-order valence-electron chi connectivity index (χ3n) is 5.93. The summed E-state index contributed by atoms with van der Waals surface area (Å²) in [6, 6.07) is 16.0. The number of hydrogen-bond donors (Lipinski definition) is 1. The largest absolute Gasteiger partial charge is 0.367 e. The molecule has 2 heteroatoms. The van der Waals surface area contributed by atoms with Crippen LogP contribution in [0.25, 0.3) is 0 Å². The van der Waals surface area contributed by atoms with Crippen molar-refractivity contribution in [1.29, 1.82) is 0 Å². The molecule has 0 bridgehead atoms. The molecule has 2 aliphatic rings. The van der Waals surface area contributed by atoms with Crippen LogP contribution in [0.1, 0.15) is 68.4 Å². The van der Waals surface area contributed by atoms with E-state index >= 15 is 0 Å². The summed E-state index contributed by atoms with van der Waals surface area (Å²) in [5, 5.41) is 3.70. The molecule has 2 aromatic rings. The first kappa shape index (κ1) is 15.7. The number of anilines is 1. The highest BCUT2D eigenvalue weighted by Gasteiger charge is 2.27. The summed E-state index contributed by atoms with van der Waals surface area (Å²) in [7, 11) is 0. The van der Waals surface area contributed by atoms with E-state index in [0.29, 0.717) is 12.0 Å². The minimum Gasteiger partial charge on any atom is -0.367 e. The van der Waals surface area contributed by atoms with Gasteiger partial charge in [-0.3, -0.25) is 0 Å². The van der Waals surface area contributed by atoms with E-state index in [2.05, 4.69) is 65.9 Å². The van der Waals surface area contributed by atoms with Gasteiger partial charge in [0.1, 0.15) is 5.82 Å². The topological polar surface area (TPSA) is 24.9 Å². The molecule has 1 N–H and O–H groups in total. The van der Waals surface area contributed by atoms with Crippen molar-refractivity contribution >= 4 is 5.82 Å². The summed E-state index contributed by atoms with van der Waals surface area (Å²) in [6.07, 6.45) is 9.91. The third kappa shape index (κ3) is 3.48. The molecule has 3 atom stereocenters. The highest BCUT2D eigenvalue weighted by atomic mass is 15.0. The van der Waals surface area contributed by atoms with Crippen LogP contribution in [0.5, 0.6) is 0 Å². The maximum Gasteiger partial charge on any atom is 0.126 e. The van der Waals surface area contributed by atoms with Gasteiger partial charge in [-0.25, -0.2) is 4.98 Å². The smallest absolute Gasteiger partial charge is 0.126 e. The molecule has 126 valence electrons. The third-order valence-corrected chi connectivity index (χ3v) is 5.93. The Bertz CT molecular complexity index is 645. The molecule has 3 unspecified atom stereocenters. The number of rotatable bonds is 4. The second-order valence-electron chi connectivity index (χ2n) is 7.87. The first-order valence-electron chi connectivity index (χ1n) is 9.55. The lowest BCUT2D eigenvalue weighted by atomic mass is 9.76. The fourth-order valence-corrected chi connectivity index (χ4v) is 4.40. The lowest BCUT2D eigenvalue weighted by Gasteiger charge is -2.34. The standard InChI is InChI=1S/C22H28N2/c1-16-12-20(18-6-3-2-4-7-18)14-21(13-16)24-22-11-10-19(15-23-22)17-8-5-9-17/h2-4,6-7,10-11,15-17,20-21H,5,8-9,12-14H2,1H3,(H,23,24). The minimum atomic E-state index is 0.529. The van der Waals surface area contributed by atoms with Crippen molar-refractivity contribution in [2.45, 2.75) is 63.3 Å². The summed E-state index contributed by atoms with van der Waals surface area (Å²) in [6.45, 7) is 2.39. The number of benzene rings is 1. The monoisotopic (exact) mass is 320 g/mol. The Kier molecular flexibility index (Phi) is 4.55. The number of nitrogens with one attached hydrogen (secondary N) is 1. The zero-order valence-corrected chi connectivity index (χ0v) is 14.6. The van der Waals surface area contributed by atoms with Crippen molar-refractivity contribution in [2.24, 2.45) is 5.92 Å². The van der Waals surface area contributed by atoms with Gasteiger partial charge >= 0.3 is 0 Å². The maximum absolute atomic E-state index is 4.69. The lowest BCUT2D eigenvalue weighted by molar-refractivity contribution is 0.320. The number of hydrogen-bond acceptors (Lipinski definition) is 2. The predicted molar refractivity (Wildman–Crippen MR) is 100 cm³/mol. The molecule has 2 nitrogen and oxygen atoms in total. The van der Waals surface area contributed by atoms with Gasteiger partial charge in [0, 0.05) is 12.2 Å². The van der Waals surface area contributed by atoms with E-state index in [9.17, 15) is 0 Å². The van der Waals surface area contributed by atoms with Crippen LogP contribution >= 0.6 is 0 Å². The van der Waals surface area contributed by atoms with E-state index in [1.54, 1.807) is 0 Å². The lowest BCUT2D eigenvalue weighted by Crippen LogP contribution is -2.30. The van der Waals surface area contributed by atoms with Crippen LogP contribution in [-0.4, -0.2) is 11.0 Å². The second-order valence-corrected chi connectivity index (χ2v) is 7.87. The quantitative estimate of drug-likeness (QED) is 0.777. The Balaban J connectivity index is 1.41. The summed E-state index contributed by atoms with van der Waals surface area (Å²) < 4.78 is 0. The normalized spacial score (nSPS) is 27.5. The zero-order chi connectivity index (χ0) is 16.4. The molecule has 1 aromatic heterocycles. The fourth-order valence-electron chi connectivity index (χ4n) is 4.40. The van der Waals surface area contributed by atoms with Crippen molar-refractivity contribution in [3.8, 4) is 0 Å². The molecule has 2 fully saturated rings. The van der Waals surface area contributed by atoms with Crippen molar-refractivity contribution in [1.82, 2.24) is 4.98 Å². The first-order valence-corrected chi connectivity index (χ1v) is 9.55. The van der Waals surface area contributed by atoms with E-state index in [-0.39, 0.29) is 0 Å². The Morgan fingerprint density at radius 2 is 1.71 bits per heavy atom. The molecule has 4 rings (SSSR count). The molecule has 0 amide bonds. The van der Waals surface area contributed by atoms with E-state index < -0.39 is 0 Å². The van der Waals surface area contributed by atoms with Crippen LogP contribution in [0.2, 0.25) is 0 Å². The van der Waals surface area contributed by atoms with Gasteiger partial charge in [-0.15, -0.1) is 0 Å². The molecule has 0 radical (unpaired) electrons. The summed E-state index contributed by atoms with van der Waals surface area (Å²) >= 11 is 0. The van der Waals surface area contributed by atoms with Crippen LogP contribution in [0.3, 0.4) is 0 Å². The van der Waals surface area contributed by atoms with Gasteiger partial charge in [0.15, 0.2) is 0 Å². The van der Waals surface area contributed by atoms with Gasteiger partial charge in [-0.1, -0.05) is 49.7 Å². The predicted octanol–water partition coefficient (Wildman–Crippen LogP) is 5.73. The Morgan fingerprint density at radius 1 is 0.875 bits per heavy atom. The van der Waals surface area contributed by atoms with Crippen LogP contribution in [0, 0.1) is 5.92 Å². The van der Waals surface area contributed by atoms with Crippen LogP contribution in [-0.2, 0) is 0 Å². The zero-order valence-electron chi connectivity index (χ0n) is 14.6. The van der Waals surface area contributed by atoms with Crippen LogP contribution < -0.4 is 5.32 Å². The molecule has 2 saturated carbocycles.